The maximum Gasteiger partial charge on any atom is 0.146 e. The molecular formula is C17H14Cl2N2. The smallest absolute Gasteiger partial charge is 0.146 e. The molecule has 106 valence electrons. The first-order valence-corrected chi connectivity index (χ1v) is 7.42. The van der Waals surface area contributed by atoms with Crippen molar-refractivity contribution in [2.24, 2.45) is 9.98 Å². The van der Waals surface area contributed by atoms with Gasteiger partial charge in [-0.15, -0.1) is 0 Å². The van der Waals surface area contributed by atoms with E-state index >= 15 is 0 Å². The van der Waals surface area contributed by atoms with Crippen molar-refractivity contribution >= 4 is 34.6 Å². The summed E-state index contributed by atoms with van der Waals surface area (Å²) in [6, 6.07) is 15.3. The lowest BCUT2D eigenvalue weighted by Crippen LogP contribution is -2.13. The second-order valence-electron chi connectivity index (χ2n) is 5.43. The lowest BCUT2D eigenvalue weighted by atomic mass is 10.0. The van der Waals surface area contributed by atoms with Gasteiger partial charge in [0, 0.05) is 21.2 Å². The Morgan fingerprint density at radius 3 is 1.33 bits per heavy atom. The van der Waals surface area contributed by atoms with Gasteiger partial charge in [-0.3, -0.25) is 9.98 Å². The highest BCUT2D eigenvalue weighted by Crippen LogP contribution is 2.26. The average Bonchev–Trinajstić information content (AvgIpc) is 2.76. The van der Waals surface area contributed by atoms with Crippen molar-refractivity contribution in [1.29, 1.82) is 0 Å². The van der Waals surface area contributed by atoms with Crippen LogP contribution in [0.15, 0.2) is 58.5 Å². The molecule has 2 aromatic carbocycles. The highest BCUT2D eigenvalue weighted by Gasteiger charge is 2.28. The number of rotatable bonds is 2. The van der Waals surface area contributed by atoms with E-state index in [1.807, 2.05) is 62.4 Å². The molecule has 2 nitrogen and oxygen atoms in total. The molecule has 0 aromatic heterocycles. The van der Waals surface area contributed by atoms with Crippen molar-refractivity contribution in [2.75, 3.05) is 0 Å². The molecule has 1 aliphatic rings. The van der Waals surface area contributed by atoms with Crippen LogP contribution in [0.5, 0.6) is 0 Å². The van der Waals surface area contributed by atoms with Gasteiger partial charge in [0.2, 0.25) is 0 Å². The van der Waals surface area contributed by atoms with Crippen molar-refractivity contribution in [3.8, 4) is 0 Å². The van der Waals surface area contributed by atoms with Gasteiger partial charge in [-0.05, 0) is 38.1 Å². The van der Waals surface area contributed by atoms with Crippen LogP contribution in [0.3, 0.4) is 0 Å². The summed E-state index contributed by atoms with van der Waals surface area (Å²) in [5.41, 5.74) is 3.35. The Morgan fingerprint density at radius 1 is 0.667 bits per heavy atom. The third kappa shape index (κ3) is 3.02. The van der Waals surface area contributed by atoms with E-state index in [2.05, 4.69) is 0 Å². The lowest BCUT2D eigenvalue weighted by Gasteiger charge is -2.07. The molecule has 0 fully saturated rings. The molecule has 0 saturated heterocycles. The van der Waals surface area contributed by atoms with Crippen molar-refractivity contribution in [3.63, 3.8) is 0 Å². The summed E-state index contributed by atoms with van der Waals surface area (Å²) in [5, 5.41) is 1.42. The Labute approximate surface area is 134 Å². The summed E-state index contributed by atoms with van der Waals surface area (Å²) >= 11 is 11.9. The van der Waals surface area contributed by atoms with Gasteiger partial charge in [0.1, 0.15) is 5.66 Å². The average molecular weight is 317 g/mol. The van der Waals surface area contributed by atoms with Crippen LogP contribution in [0.1, 0.15) is 25.0 Å². The molecule has 0 spiro atoms. The van der Waals surface area contributed by atoms with Crippen LogP contribution in [0.2, 0.25) is 10.0 Å². The van der Waals surface area contributed by atoms with E-state index < -0.39 is 5.66 Å². The molecule has 4 heteroatoms. The van der Waals surface area contributed by atoms with E-state index in [-0.39, 0.29) is 0 Å². The molecule has 1 aliphatic heterocycles. The van der Waals surface area contributed by atoms with Gasteiger partial charge >= 0.3 is 0 Å². The van der Waals surface area contributed by atoms with Crippen molar-refractivity contribution in [1.82, 2.24) is 0 Å². The molecule has 2 aromatic rings. The molecule has 0 aliphatic carbocycles. The molecule has 0 bridgehead atoms. The van der Waals surface area contributed by atoms with E-state index in [1.54, 1.807) is 0 Å². The number of nitrogens with zero attached hydrogens (tertiary/aromatic N) is 2. The number of hydrogen-bond acceptors (Lipinski definition) is 2. The van der Waals surface area contributed by atoms with E-state index in [0.29, 0.717) is 10.0 Å². The van der Waals surface area contributed by atoms with Crippen LogP contribution in [0.25, 0.3) is 0 Å². The molecular weight excluding hydrogens is 303 g/mol. The normalized spacial score (nSPS) is 16.6. The second kappa shape index (κ2) is 5.28. The van der Waals surface area contributed by atoms with Gasteiger partial charge in [-0.25, -0.2) is 0 Å². The third-order valence-electron chi connectivity index (χ3n) is 3.23. The van der Waals surface area contributed by atoms with E-state index in [9.17, 15) is 0 Å². The zero-order chi connectivity index (χ0) is 15.0. The minimum atomic E-state index is -0.454. The Balaban J connectivity index is 2.08. The largest absolute Gasteiger partial charge is 0.253 e. The van der Waals surface area contributed by atoms with Crippen LogP contribution in [-0.4, -0.2) is 17.1 Å². The summed E-state index contributed by atoms with van der Waals surface area (Å²) in [7, 11) is 0. The summed E-state index contributed by atoms with van der Waals surface area (Å²) in [5.74, 6) is 0. The van der Waals surface area contributed by atoms with Crippen LogP contribution >= 0.6 is 23.2 Å². The first-order valence-electron chi connectivity index (χ1n) is 6.67. The van der Waals surface area contributed by atoms with E-state index in [4.69, 9.17) is 33.2 Å². The number of halogens is 2. The van der Waals surface area contributed by atoms with Crippen molar-refractivity contribution < 1.29 is 0 Å². The maximum absolute atomic E-state index is 5.96. The first kappa shape index (κ1) is 14.3. The van der Waals surface area contributed by atoms with Gasteiger partial charge in [0.25, 0.3) is 0 Å². The zero-order valence-electron chi connectivity index (χ0n) is 11.8. The van der Waals surface area contributed by atoms with E-state index in [0.717, 1.165) is 22.6 Å². The molecule has 1 heterocycles. The monoisotopic (exact) mass is 316 g/mol. The topological polar surface area (TPSA) is 24.7 Å². The molecule has 0 radical (unpaired) electrons. The quantitative estimate of drug-likeness (QED) is 0.743. The third-order valence-corrected chi connectivity index (χ3v) is 3.73. The summed E-state index contributed by atoms with van der Waals surface area (Å²) in [6.07, 6.45) is 0. The van der Waals surface area contributed by atoms with Crippen molar-refractivity contribution in [2.45, 2.75) is 19.5 Å². The Hall–Kier alpha value is -1.64. The SMILES string of the molecule is CC1(C)N=C(c2ccc(Cl)cc2)C(c2ccc(Cl)cc2)=N1. The summed E-state index contributed by atoms with van der Waals surface area (Å²) in [4.78, 5) is 9.47. The van der Waals surface area contributed by atoms with Crippen LogP contribution in [0, 0.1) is 0 Å². The van der Waals surface area contributed by atoms with Crippen LogP contribution in [-0.2, 0) is 0 Å². The molecule has 0 atom stereocenters. The summed E-state index contributed by atoms with van der Waals surface area (Å²) in [6.45, 7) is 3.98. The van der Waals surface area contributed by atoms with E-state index in [1.165, 1.54) is 0 Å². The highest BCUT2D eigenvalue weighted by molar-refractivity contribution is 6.54. The van der Waals surface area contributed by atoms with Crippen molar-refractivity contribution in [3.05, 3.63) is 69.7 Å². The minimum Gasteiger partial charge on any atom is -0.253 e. The molecule has 0 N–H and O–H groups in total. The van der Waals surface area contributed by atoms with Crippen LogP contribution < -0.4 is 0 Å². The number of hydrogen-bond donors (Lipinski definition) is 0. The predicted octanol–water partition coefficient (Wildman–Crippen LogP) is 5.02. The standard InChI is InChI=1S/C17H14Cl2N2/c1-17(2)20-15(11-3-7-13(18)8-4-11)16(21-17)12-5-9-14(19)10-6-12/h3-10H,1-2H3. The maximum atomic E-state index is 5.96. The lowest BCUT2D eigenvalue weighted by molar-refractivity contribution is 0.567. The second-order valence-corrected chi connectivity index (χ2v) is 6.30. The Bertz CT molecular complexity index is 663. The fourth-order valence-corrected chi connectivity index (χ4v) is 2.55. The van der Waals surface area contributed by atoms with Gasteiger partial charge in [-0.1, -0.05) is 47.5 Å². The molecule has 3 rings (SSSR count). The number of benzene rings is 2. The molecule has 0 unspecified atom stereocenters. The zero-order valence-corrected chi connectivity index (χ0v) is 13.3. The van der Waals surface area contributed by atoms with Gasteiger partial charge in [-0.2, -0.15) is 0 Å². The highest BCUT2D eigenvalue weighted by atomic mass is 35.5. The fraction of sp³-hybridized carbons (Fsp3) is 0.176. The molecule has 0 saturated carbocycles. The molecule has 0 amide bonds. The van der Waals surface area contributed by atoms with Gasteiger partial charge < -0.3 is 0 Å². The minimum absolute atomic E-state index is 0.454. The Kier molecular flexibility index (Phi) is 3.60. The van der Waals surface area contributed by atoms with Gasteiger partial charge in [0.05, 0.1) is 11.4 Å². The number of aliphatic imine (C=N–C) groups is 2. The fourth-order valence-electron chi connectivity index (χ4n) is 2.30. The Morgan fingerprint density at radius 2 is 1.00 bits per heavy atom. The van der Waals surface area contributed by atoms with Gasteiger partial charge in [0.15, 0.2) is 0 Å². The predicted molar refractivity (Wildman–Crippen MR) is 90.1 cm³/mol. The summed E-state index contributed by atoms with van der Waals surface area (Å²) < 4.78 is 0. The first-order chi connectivity index (χ1) is 9.94. The van der Waals surface area contributed by atoms with Crippen LogP contribution in [0.4, 0.5) is 0 Å². The molecule has 21 heavy (non-hydrogen) atoms.